The van der Waals surface area contributed by atoms with Gasteiger partial charge in [-0.15, -0.1) is 0 Å². The number of nitrogen functional groups attached to an aromatic ring is 1. The molecular formula is C17H17FN6O. The van der Waals surface area contributed by atoms with Gasteiger partial charge >= 0.3 is 0 Å². The van der Waals surface area contributed by atoms with Crippen LogP contribution in [-0.4, -0.2) is 33.9 Å². The minimum Gasteiger partial charge on any atom is -0.384 e. The van der Waals surface area contributed by atoms with Gasteiger partial charge in [-0.25, -0.2) is 19.3 Å². The predicted molar refractivity (Wildman–Crippen MR) is 93.6 cm³/mol. The number of hydrogen-bond donors (Lipinski definition) is 3. The lowest BCUT2D eigenvalue weighted by Gasteiger charge is -2.09. The van der Waals surface area contributed by atoms with Crippen LogP contribution in [0.1, 0.15) is 16.8 Å². The van der Waals surface area contributed by atoms with E-state index in [9.17, 15) is 9.18 Å². The van der Waals surface area contributed by atoms with Gasteiger partial charge in [-0.05, 0) is 42.8 Å². The number of fused-ring (bicyclic) bond motifs is 1. The number of amides is 1. The largest absolute Gasteiger partial charge is 0.384 e. The third-order valence-corrected chi connectivity index (χ3v) is 3.56. The summed E-state index contributed by atoms with van der Waals surface area (Å²) < 4.78 is 12.8. The molecule has 8 heteroatoms. The van der Waals surface area contributed by atoms with Crippen LogP contribution in [0.15, 0.2) is 42.7 Å². The smallest absolute Gasteiger partial charge is 0.251 e. The number of anilines is 2. The summed E-state index contributed by atoms with van der Waals surface area (Å²) >= 11 is 0. The Labute approximate surface area is 143 Å². The van der Waals surface area contributed by atoms with Crippen LogP contribution in [0.5, 0.6) is 0 Å². The molecule has 7 nitrogen and oxygen atoms in total. The zero-order valence-electron chi connectivity index (χ0n) is 13.4. The number of nitrogens with zero attached hydrogens (tertiary/aromatic N) is 3. The van der Waals surface area contributed by atoms with E-state index >= 15 is 0 Å². The highest BCUT2D eigenvalue weighted by Crippen LogP contribution is 2.18. The summed E-state index contributed by atoms with van der Waals surface area (Å²) in [4.78, 5) is 24.3. The first kappa shape index (κ1) is 16.6. The number of pyridine rings is 1. The van der Waals surface area contributed by atoms with Gasteiger partial charge in [-0.3, -0.25) is 4.79 Å². The SMILES string of the molecule is Nc1ccc2c(NCCCNC(=O)c3ccc(F)cc3)ncnc2n1. The molecule has 0 saturated heterocycles. The predicted octanol–water partition coefficient (Wildman–Crippen LogP) is 1.98. The molecule has 0 fully saturated rings. The summed E-state index contributed by atoms with van der Waals surface area (Å²) in [5.74, 6) is 0.476. The van der Waals surface area contributed by atoms with Crippen molar-refractivity contribution in [3.05, 3.63) is 54.1 Å². The Morgan fingerprint density at radius 1 is 1.08 bits per heavy atom. The molecule has 0 radical (unpaired) electrons. The topological polar surface area (TPSA) is 106 Å². The summed E-state index contributed by atoms with van der Waals surface area (Å²) in [5, 5.41) is 6.77. The summed E-state index contributed by atoms with van der Waals surface area (Å²) in [7, 11) is 0. The fourth-order valence-corrected chi connectivity index (χ4v) is 2.30. The van der Waals surface area contributed by atoms with E-state index in [2.05, 4.69) is 25.6 Å². The fraction of sp³-hybridized carbons (Fsp3) is 0.176. The molecule has 0 spiro atoms. The molecule has 1 aromatic carbocycles. The lowest BCUT2D eigenvalue weighted by molar-refractivity contribution is 0.0953. The van der Waals surface area contributed by atoms with Crippen molar-refractivity contribution in [2.75, 3.05) is 24.1 Å². The highest BCUT2D eigenvalue weighted by molar-refractivity contribution is 5.94. The summed E-state index contributed by atoms with van der Waals surface area (Å²) in [6.45, 7) is 1.09. The molecule has 1 amide bonds. The summed E-state index contributed by atoms with van der Waals surface area (Å²) in [6.07, 6.45) is 2.12. The van der Waals surface area contributed by atoms with Crippen molar-refractivity contribution in [2.45, 2.75) is 6.42 Å². The minimum atomic E-state index is -0.367. The Bertz CT molecular complexity index is 884. The number of benzene rings is 1. The van der Waals surface area contributed by atoms with Crippen LogP contribution in [0.2, 0.25) is 0 Å². The van der Waals surface area contributed by atoms with E-state index in [-0.39, 0.29) is 11.7 Å². The second-order valence-electron chi connectivity index (χ2n) is 5.37. The van der Waals surface area contributed by atoms with E-state index < -0.39 is 0 Å². The second-order valence-corrected chi connectivity index (χ2v) is 5.37. The number of carbonyl (C=O) groups is 1. The minimum absolute atomic E-state index is 0.229. The van der Waals surface area contributed by atoms with Gasteiger partial charge in [0.05, 0.1) is 5.39 Å². The number of rotatable bonds is 6. The van der Waals surface area contributed by atoms with Gasteiger partial charge in [-0.2, -0.15) is 0 Å². The zero-order chi connectivity index (χ0) is 17.6. The molecule has 3 rings (SSSR count). The molecule has 0 atom stereocenters. The van der Waals surface area contributed by atoms with E-state index in [0.29, 0.717) is 42.4 Å². The molecule has 0 unspecified atom stereocenters. The maximum atomic E-state index is 12.8. The maximum absolute atomic E-state index is 12.8. The second kappa shape index (κ2) is 7.52. The fourth-order valence-electron chi connectivity index (χ4n) is 2.30. The van der Waals surface area contributed by atoms with Crippen LogP contribution in [0.3, 0.4) is 0 Å². The number of aromatic nitrogens is 3. The Morgan fingerprint density at radius 3 is 2.68 bits per heavy atom. The van der Waals surface area contributed by atoms with Gasteiger partial charge in [0, 0.05) is 18.7 Å². The molecule has 4 N–H and O–H groups in total. The van der Waals surface area contributed by atoms with Gasteiger partial charge in [0.2, 0.25) is 0 Å². The van der Waals surface area contributed by atoms with Crippen LogP contribution < -0.4 is 16.4 Å². The zero-order valence-corrected chi connectivity index (χ0v) is 13.4. The molecule has 0 aliphatic carbocycles. The Kier molecular flexibility index (Phi) is 4.98. The van der Waals surface area contributed by atoms with Crippen LogP contribution >= 0.6 is 0 Å². The van der Waals surface area contributed by atoms with Crippen LogP contribution in [0, 0.1) is 5.82 Å². The molecular weight excluding hydrogens is 323 g/mol. The van der Waals surface area contributed by atoms with Gasteiger partial charge in [0.15, 0.2) is 5.65 Å². The Morgan fingerprint density at radius 2 is 1.88 bits per heavy atom. The molecule has 2 aromatic heterocycles. The first-order chi connectivity index (χ1) is 12.1. The van der Waals surface area contributed by atoms with E-state index in [1.165, 1.54) is 30.6 Å². The van der Waals surface area contributed by atoms with Crippen molar-refractivity contribution in [1.29, 1.82) is 0 Å². The van der Waals surface area contributed by atoms with Crippen LogP contribution in [-0.2, 0) is 0 Å². The lowest BCUT2D eigenvalue weighted by atomic mass is 10.2. The molecule has 25 heavy (non-hydrogen) atoms. The monoisotopic (exact) mass is 340 g/mol. The maximum Gasteiger partial charge on any atom is 0.251 e. The standard InChI is InChI=1S/C17H17FN6O/c18-12-4-2-11(3-5-12)17(25)21-9-1-8-20-15-13-6-7-14(19)24-16(13)23-10-22-15/h2-7,10H,1,8-9H2,(H,21,25)(H3,19,20,22,23,24). The average Bonchev–Trinajstić information content (AvgIpc) is 2.61. The number of hydrogen-bond acceptors (Lipinski definition) is 6. The molecule has 0 bridgehead atoms. The number of nitrogens with two attached hydrogens (primary N) is 1. The first-order valence-corrected chi connectivity index (χ1v) is 7.78. The molecule has 0 aliphatic heterocycles. The summed E-state index contributed by atoms with van der Waals surface area (Å²) in [6, 6.07) is 8.94. The third kappa shape index (κ3) is 4.17. The highest BCUT2D eigenvalue weighted by Gasteiger charge is 2.06. The van der Waals surface area contributed by atoms with Gasteiger partial charge in [0.1, 0.15) is 23.8 Å². The van der Waals surface area contributed by atoms with E-state index in [1.807, 2.05) is 6.07 Å². The van der Waals surface area contributed by atoms with Crippen molar-refractivity contribution < 1.29 is 9.18 Å². The van der Waals surface area contributed by atoms with E-state index in [4.69, 9.17) is 5.73 Å². The first-order valence-electron chi connectivity index (χ1n) is 7.78. The van der Waals surface area contributed by atoms with Crippen molar-refractivity contribution in [1.82, 2.24) is 20.3 Å². The molecule has 3 aromatic rings. The van der Waals surface area contributed by atoms with E-state index in [0.717, 1.165) is 5.39 Å². The van der Waals surface area contributed by atoms with Gasteiger partial charge < -0.3 is 16.4 Å². The van der Waals surface area contributed by atoms with Crippen LogP contribution in [0.4, 0.5) is 16.0 Å². The van der Waals surface area contributed by atoms with Crippen molar-refractivity contribution >= 4 is 28.6 Å². The number of carbonyl (C=O) groups excluding carboxylic acids is 1. The normalized spacial score (nSPS) is 10.6. The molecule has 0 saturated carbocycles. The Balaban J connectivity index is 1.49. The quantitative estimate of drug-likeness (QED) is 0.593. The third-order valence-electron chi connectivity index (χ3n) is 3.56. The Hall–Kier alpha value is -3.29. The van der Waals surface area contributed by atoms with Crippen molar-refractivity contribution in [2.24, 2.45) is 0 Å². The number of halogens is 1. The number of nitrogens with one attached hydrogen (secondary N) is 2. The van der Waals surface area contributed by atoms with Gasteiger partial charge in [-0.1, -0.05) is 0 Å². The molecule has 0 aliphatic rings. The molecule has 2 heterocycles. The lowest BCUT2D eigenvalue weighted by Crippen LogP contribution is -2.25. The highest BCUT2D eigenvalue weighted by atomic mass is 19.1. The van der Waals surface area contributed by atoms with Gasteiger partial charge in [0.25, 0.3) is 5.91 Å². The van der Waals surface area contributed by atoms with Crippen molar-refractivity contribution in [3.8, 4) is 0 Å². The van der Waals surface area contributed by atoms with E-state index in [1.54, 1.807) is 6.07 Å². The van der Waals surface area contributed by atoms with Crippen molar-refractivity contribution in [3.63, 3.8) is 0 Å². The molecule has 128 valence electrons. The average molecular weight is 340 g/mol. The summed E-state index contributed by atoms with van der Waals surface area (Å²) in [5.41, 5.74) is 6.61. The van der Waals surface area contributed by atoms with Crippen LogP contribution in [0.25, 0.3) is 11.0 Å².